The summed E-state index contributed by atoms with van der Waals surface area (Å²) < 4.78 is 0. The number of rotatable bonds is 1. The third-order valence-corrected chi connectivity index (χ3v) is 2.97. The second-order valence-corrected chi connectivity index (χ2v) is 4.23. The largest absolute Gasteiger partial charge is 0.0837 e. The molecule has 75 valence electrons. The Kier molecular flexibility index (Phi) is 3.20. The van der Waals surface area contributed by atoms with E-state index in [2.05, 4.69) is 6.07 Å². The van der Waals surface area contributed by atoms with E-state index in [1.54, 1.807) is 18.2 Å². The van der Waals surface area contributed by atoms with Gasteiger partial charge in [-0.25, -0.2) is 0 Å². The fraction of sp³-hybridized carbons (Fsp3) is 0. The molecule has 0 aromatic heterocycles. The van der Waals surface area contributed by atoms with Gasteiger partial charge in [-0.15, -0.1) is 0 Å². The lowest BCUT2D eigenvalue weighted by Gasteiger charge is -2.08. The molecule has 0 spiro atoms. The van der Waals surface area contributed by atoms with Crippen LogP contribution in [0.2, 0.25) is 15.1 Å². The molecule has 2 rings (SSSR count). The minimum Gasteiger partial charge on any atom is -0.0837 e. The van der Waals surface area contributed by atoms with Gasteiger partial charge in [0, 0.05) is 16.1 Å². The molecule has 0 bridgehead atoms. The van der Waals surface area contributed by atoms with Gasteiger partial charge in [-0.1, -0.05) is 53.0 Å². The summed E-state index contributed by atoms with van der Waals surface area (Å²) in [6, 6.07) is 13.6. The van der Waals surface area contributed by atoms with Crippen LogP contribution in [0, 0.1) is 6.07 Å². The molecule has 15 heavy (non-hydrogen) atoms. The molecule has 0 aliphatic rings. The Hall–Kier alpha value is -0.690. The van der Waals surface area contributed by atoms with Crippen molar-refractivity contribution < 1.29 is 0 Å². The van der Waals surface area contributed by atoms with E-state index < -0.39 is 0 Å². The van der Waals surface area contributed by atoms with Crippen molar-refractivity contribution in [2.24, 2.45) is 0 Å². The average Bonchev–Trinajstić information content (AvgIpc) is 2.20. The Morgan fingerprint density at radius 3 is 2.00 bits per heavy atom. The third kappa shape index (κ3) is 2.12. The van der Waals surface area contributed by atoms with Gasteiger partial charge in [0.25, 0.3) is 0 Å². The first kappa shape index (κ1) is 10.8. The summed E-state index contributed by atoms with van der Waals surface area (Å²) in [6.07, 6.45) is 0. The summed E-state index contributed by atoms with van der Waals surface area (Å²) in [6.45, 7) is 0. The SMILES string of the molecule is Clc1ccccc1-c1c(Cl)c[c]cc1Cl. The monoisotopic (exact) mass is 255 g/mol. The van der Waals surface area contributed by atoms with Gasteiger partial charge in [0.2, 0.25) is 0 Å². The van der Waals surface area contributed by atoms with E-state index in [4.69, 9.17) is 34.8 Å². The lowest BCUT2D eigenvalue weighted by Crippen LogP contribution is -1.82. The minimum absolute atomic E-state index is 0.551. The van der Waals surface area contributed by atoms with Gasteiger partial charge in [0.15, 0.2) is 0 Å². The number of hydrogen-bond acceptors (Lipinski definition) is 0. The van der Waals surface area contributed by atoms with E-state index in [0.717, 1.165) is 11.1 Å². The third-order valence-electron chi connectivity index (χ3n) is 2.04. The normalized spacial score (nSPS) is 10.3. The van der Waals surface area contributed by atoms with E-state index in [-0.39, 0.29) is 0 Å². The van der Waals surface area contributed by atoms with Gasteiger partial charge in [-0.05, 0) is 24.3 Å². The van der Waals surface area contributed by atoms with E-state index in [1.807, 2.05) is 18.2 Å². The molecule has 2 aromatic carbocycles. The van der Waals surface area contributed by atoms with Crippen LogP contribution in [0.1, 0.15) is 0 Å². The maximum absolute atomic E-state index is 6.08. The predicted octanol–water partition coefficient (Wildman–Crippen LogP) is 5.11. The first-order chi connectivity index (χ1) is 7.20. The highest BCUT2D eigenvalue weighted by atomic mass is 35.5. The van der Waals surface area contributed by atoms with Gasteiger partial charge in [0.05, 0.1) is 10.0 Å². The van der Waals surface area contributed by atoms with Gasteiger partial charge in [0.1, 0.15) is 0 Å². The molecule has 3 heteroatoms. The maximum Gasteiger partial charge on any atom is 0.0506 e. The zero-order chi connectivity index (χ0) is 10.8. The molecule has 0 saturated carbocycles. The molecule has 0 fully saturated rings. The van der Waals surface area contributed by atoms with Crippen LogP contribution in [-0.4, -0.2) is 0 Å². The van der Waals surface area contributed by atoms with Crippen molar-refractivity contribution in [2.75, 3.05) is 0 Å². The molecular formula is C12H6Cl3. The van der Waals surface area contributed by atoms with Crippen LogP contribution in [0.15, 0.2) is 36.4 Å². The molecule has 0 unspecified atom stereocenters. The molecule has 0 N–H and O–H groups in total. The highest BCUT2D eigenvalue weighted by Crippen LogP contribution is 2.37. The molecule has 0 aliphatic heterocycles. The topological polar surface area (TPSA) is 0 Å². The van der Waals surface area contributed by atoms with E-state index in [0.29, 0.717) is 15.1 Å². The van der Waals surface area contributed by atoms with Crippen molar-refractivity contribution in [2.45, 2.75) is 0 Å². The molecule has 0 atom stereocenters. The highest BCUT2D eigenvalue weighted by molar-refractivity contribution is 6.41. The van der Waals surface area contributed by atoms with Crippen molar-refractivity contribution in [1.29, 1.82) is 0 Å². The molecule has 1 radical (unpaired) electrons. The molecule has 0 nitrogen and oxygen atoms in total. The lowest BCUT2D eigenvalue weighted by molar-refractivity contribution is 1.61. The van der Waals surface area contributed by atoms with Gasteiger partial charge in [-0.3, -0.25) is 0 Å². The van der Waals surface area contributed by atoms with Crippen molar-refractivity contribution >= 4 is 34.8 Å². The van der Waals surface area contributed by atoms with Crippen LogP contribution in [0.5, 0.6) is 0 Å². The zero-order valence-corrected chi connectivity index (χ0v) is 9.87. The molecule has 0 aliphatic carbocycles. The van der Waals surface area contributed by atoms with E-state index in [9.17, 15) is 0 Å². The maximum atomic E-state index is 6.08. The second kappa shape index (κ2) is 4.44. The predicted molar refractivity (Wildman–Crippen MR) is 65.7 cm³/mol. The summed E-state index contributed by atoms with van der Waals surface area (Å²) in [4.78, 5) is 0. The van der Waals surface area contributed by atoms with Crippen LogP contribution >= 0.6 is 34.8 Å². The van der Waals surface area contributed by atoms with Crippen LogP contribution in [0.3, 0.4) is 0 Å². The van der Waals surface area contributed by atoms with Gasteiger partial charge < -0.3 is 0 Å². The Morgan fingerprint density at radius 1 is 0.800 bits per heavy atom. The second-order valence-electron chi connectivity index (χ2n) is 3.01. The van der Waals surface area contributed by atoms with Crippen LogP contribution in [0.4, 0.5) is 0 Å². The first-order valence-corrected chi connectivity index (χ1v) is 5.43. The standard InChI is InChI=1S/C12H6Cl3/c13-9-5-2-1-4-8(9)12-10(14)6-3-7-11(12)15/h1-2,4-7H. The van der Waals surface area contributed by atoms with Crippen LogP contribution in [0.25, 0.3) is 11.1 Å². The Morgan fingerprint density at radius 2 is 1.40 bits per heavy atom. The Balaban J connectivity index is 2.69. The Bertz CT molecular complexity index is 472. The first-order valence-electron chi connectivity index (χ1n) is 4.30. The van der Waals surface area contributed by atoms with Crippen LogP contribution in [-0.2, 0) is 0 Å². The number of benzene rings is 2. The molecule has 2 aromatic rings. The smallest absolute Gasteiger partial charge is 0.0506 e. The zero-order valence-electron chi connectivity index (χ0n) is 7.60. The fourth-order valence-electron chi connectivity index (χ4n) is 1.37. The average molecular weight is 257 g/mol. The summed E-state index contributed by atoms with van der Waals surface area (Å²) >= 11 is 18.2. The Labute approximate surface area is 103 Å². The lowest BCUT2D eigenvalue weighted by atomic mass is 10.1. The minimum atomic E-state index is 0.551. The van der Waals surface area contributed by atoms with Crippen molar-refractivity contribution in [1.82, 2.24) is 0 Å². The van der Waals surface area contributed by atoms with Crippen LogP contribution < -0.4 is 0 Å². The van der Waals surface area contributed by atoms with Crippen molar-refractivity contribution in [3.8, 4) is 11.1 Å². The number of hydrogen-bond donors (Lipinski definition) is 0. The van der Waals surface area contributed by atoms with Gasteiger partial charge >= 0.3 is 0 Å². The van der Waals surface area contributed by atoms with E-state index in [1.165, 1.54) is 0 Å². The van der Waals surface area contributed by atoms with Crippen molar-refractivity contribution in [3.63, 3.8) is 0 Å². The molecule has 0 saturated heterocycles. The molecule has 0 amide bonds. The summed E-state index contributed by atoms with van der Waals surface area (Å²) in [5.41, 5.74) is 1.59. The van der Waals surface area contributed by atoms with E-state index >= 15 is 0 Å². The van der Waals surface area contributed by atoms with Crippen molar-refractivity contribution in [3.05, 3.63) is 57.5 Å². The highest BCUT2D eigenvalue weighted by Gasteiger charge is 2.10. The van der Waals surface area contributed by atoms with Gasteiger partial charge in [-0.2, -0.15) is 0 Å². The summed E-state index contributed by atoms with van der Waals surface area (Å²) in [7, 11) is 0. The fourth-order valence-corrected chi connectivity index (χ4v) is 2.18. The summed E-state index contributed by atoms with van der Waals surface area (Å²) in [5.74, 6) is 0. The molecular weight excluding hydrogens is 250 g/mol. The number of halogens is 3. The summed E-state index contributed by atoms with van der Waals surface area (Å²) in [5, 5.41) is 1.73. The molecule has 0 heterocycles. The quantitative estimate of drug-likeness (QED) is 0.665.